The highest BCUT2D eigenvalue weighted by Gasteiger charge is 2.10. The molecule has 0 aliphatic carbocycles. The van der Waals surface area contributed by atoms with Gasteiger partial charge in [0.15, 0.2) is 0 Å². The van der Waals surface area contributed by atoms with Crippen molar-refractivity contribution in [2.24, 2.45) is 0 Å². The summed E-state index contributed by atoms with van der Waals surface area (Å²) in [6.07, 6.45) is 0.914. The van der Waals surface area contributed by atoms with E-state index in [1.807, 2.05) is 18.2 Å². The van der Waals surface area contributed by atoms with Crippen molar-refractivity contribution >= 4 is 0 Å². The molecule has 0 radical (unpaired) electrons. The van der Waals surface area contributed by atoms with Crippen LogP contribution in [0.3, 0.4) is 0 Å². The van der Waals surface area contributed by atoms with Crippen molar-refractivity contribution < 1.29 is 9.47 Å². The molecule has 0 unspecified atom stereocenters. The Morgan fingerprint density at radius 2 is 1.83 bits per heavy atom. The summed E-state index contributed by atoms with van der Waals surface area (Å²) in [6.45, 7) is 8.74. The summed E-state index contributed by atoms with van der Waals surface area (Å²) < 4.78 is 10.8. The summed E-state index contributed by atoms with van der Waals surface area (Å²) in [4.78, 5) is 0. The Hall–Kier alpha value is -1.06. The van der Waals surface area contributed by atoms with E-state index in [-0.39, 0.29) is 5.54 Å². The fraction of sp³-hybridized carbons (Fsp3) is 0.600. The van der Waals surface area contributed by atoms with E-state index < -0.39 is 0 Å². The van der Waals surface area contributed by atoms with Crippen LogP contribution in [-0.2, 0) is 11.3 Å². The second kappa shape index (κ2) is 7.39. The fourth-order valence-corrected chi connectivity index (χ4v) is 1.54. The lowest BCUT2D eigenvalue weighted by molar-refractivity contribution is 0.171. The molecule has 18 heavy (non-hydrogen) atoms. The summed E-state index contributed by atoms with van der Waals surface area (Å²) >= 11 is 0. The maximum atomic E-state index is 5.78. The van der Waals surface area contributed by atoms with Gasteiger partial charge in [0.1, 0.15) is 5.75 Å². The first-order chi connectivity index (χ1) is 8.53. The molecule has 0 fully saturated rings. The smallest absolute Gasteiger partial charge is 0.123 e. The molecule has 1 aromatic rings. The fourth-order valence-electron chi connectivity index (χ4n) is 1.54. The van der Waals surface area contributed by atoms with Gasteiger partial charge in [0.25, 0.3) is 0 Å². The highest BCUT2D eigenvalue weighted by atomic mass is 16.5. The van der Waals surface area contributed by atoms with Crippen molar-refractivity contribution in [1.82, 2.24) is 5.32 Å². The lowest BCUT2D eigenvalue weighted by atomic mass is 10.1. The van der Waals surface area contributed by atoms with E-state index in [4.69, 9.17) is 9.47 Å². The minimum Gasteiger partial charge on any atom is -0.493 e. The molecule has 102 valence electrons. The van der Waals surface area contributed by atoms with Crippen molar-refractivity contribution in [1.29, 1.82) is 0 Å². The van der Waals surface area contributed by atoms with Gasteiger partial charge in [-0.05, 0) is 26.8 Å². The van der Waals surface area contributed by atoms with Gasteiger partial charge < -0.3 is 14.8 Å². The van der Waals surface area contributed by atoms with Crippen LogP contribution in [0.15, 0.2) is 24.3 Å². The van der Waals surface area contributed by atoms with E-state index in [2.05, 4.69) is 32.2 Å². The van der Waals surface area contributed by atoms with Gasteiger partial charge >= 0.3 is 0 Å². The number of rotatable bonds is 7. The number of nitrogens with one attached hydrogen (secondary N) is 1. The normalized spacial score (nSPS) is 11.6. The lowest BCUT2D eigenvalue weighted by Gasteiger charge is -2.21. The molecule has 0 saturated heterocycles. The third kappa shape index (κ3) is 6.03. The van der Waals surface area contributed by atoms with Crippen LogP contribution in [-0.4, -0.2) is 25.9 Å². The molecule has 1 rings (SSSR count). The zero-order valence-corrected chi connectivity index (χ0v) is 12.0. The van der Waals surface area contributed by atoms with Crippen LogP contribution < -0.4 is 10.1 Å². The zero-order valence-electron chi connectivity index (χ0n) is 12.0. The summed E-state index contributed by atoms with van der Waals surface area (Å²) in [5, 5.41) is 3.48. The minimum atomic E-state index is 0.114. The Bertz CT molecular complexity index is 345. The summed E-state index contributed by atoms with van der Waals surface area (Å²) in [7, 11) is 1.71. The second-order valence-corrected chi connectivity index (χ2v) is 5.41. The van der Waals surface area contributed by atoms with Crippen LogP contribution in [0, 0.1) is 0 Å². The molecule has 0 aromatic heterocycles. The Morgan fingerprint density at radius 3 is 2.50 bits per heavy atom. The number of ether oxygens (including phenoxy) is 2. The molecule has 0 saturated carbocycles. The van der Waals surface area contributed by atoms with E-state index in [1.54, 1.807) is 7.11 Å². The molecule has 0 spiro atoms. The largest absolute Gasteiger partial charge is 0.493 e. The average molecular weight is 251 g/mol. The summed E-state index contributed by atoms with van der Waals surface area (Å²) in [5.41, 5.74) is 1.31. The molecular weight excluding hydrogens is 226 g/mol. The van der Waals surface area contributed by atoms with E-state index in [9.17, 15) is 0 Å². The topological polar surface area (TPSA) is 30.5 Å². The Balaban J connectivity index is 2.51. The van der Waals surface area contributed by atoms with Gasteiger partial charge in [-0.1, -0.05) is 18.2 Å². The standard InChI is InChI=1S/C15H25NO2/c1-15(2,3)16-12-13-8-5-6-9-14(13)18-11-7-10-17-4/h5-6,8-9,16H,7,10-12H2,1-4H3. The van der Waals surface area contributed by atoms with E-state index in [1.165, 1.54) is 5.56 Å². The van der Waals surface area contributed by atoms with E-state index in [0.717, 1.165) is 25.3 Å². The number of para-hydroxylation sites is 1. The van der Waals surface area contributed by atoms with Gasteiger partial charge in [0.05, 0.1) is 6.61 Å². The van der Waals surface area contributed by atoms with Gasteiger partial charge in [-0.2, -0.15) is 0 Å². The minimum absolute atomic E-state index is 0.114. The van der Waals surface area contributed by atoms with Gasteiger partial charge in [-0.25, -0.2) is 0 Å². The van der Waals surface area contributed by atoms with Crippen molar-refractivity contribution in [3.05, 3.63) is 29.8 Å². The van der Waals surface area contributed by atoms with Crippen LogP contribution in [0.5, 0.6) is 5.75 Å². The summed E-state index contributed by atoms with van der Waals surface area (Å²) in [6, 6.07) is 8.17. The predicted molar refractivity (Wildman–Crippen MR) is 75.0 cm³/mol. The molecular formula is C15H25NO2. The zero-order chi connectivity index (χ0) is 13.4. The predicted octanol–water partition coefficient (Wildman–Crippen LogP) is 2.99. The summed E-state index contributed by atoms with van der Waals surface area (Å²) in [5.74, 6) is 0.963. The molecule has 3 nitrogen and oxygen atoms in total. The van der Waals surface area contributed by atoms with Gasteiger partial charge in [-0.15, -0.1) is 0 Å². The van der Waals surface area contributed by atoms with Crippen LogP contribution in [0.1, 0.15) is 32.8 Å². The second-order valence-electron chi connectivity index (χ2n) is 5.41. The first kappa shape index (κ1) is 15.0. The SMILES string of the molecule is COCCCOc1ccccc1CNC(C)(C)C. The number of hydrogen-bond acceptors (Lipinski definition) is 3. The van der Waals surface area contributed by atoms with E-state index >= 15 is 0 Å². The maximum Gasteiger partial charge on any atom is 0.123 e. The number of benzene rings is 1. The quantitative estimate of drug-likeness (QED) is 0.756. The third-order valence-corrected chi connectivity index (χ3v) is 2.53. The molecule has 0 amide bonds. The van der Waals surface area contributed by atoms with Gasteiger partial charge in [0, 0.05) is 37.8 Å². The van der Waals surface area contributed by atoms with Crippen molar-refractivity contribution in [3.8, 4) is 5.75 Å². The Labute approximate surface area is 110 Å². The Morgan fingerprint density at radius 1 is 1.11 bits per heavy atom. The average Bonchev–Trinajstić information content (AvgIpc) is 2.32. The molecule has 0 aliphatic heterocycles. The molecule has 0 aliphatic rings. The van der Waals surface area contributed by atoms with Gasteiger partial charge in [0.2, 0.25) is 0 Å². The van der Waals surface area contributed by atoms with Crippen LogP contribution in [0.25, 0.3) is 0 Å². The molecule has 3 heteroatoms. The van der Waals surface area contributed by atoms with E-state index in [0.29, 0.717) is 6.61 Å². The van der Waals surface area contributed by atoms with Crippen molar-refractivity contribution in [2.45, 2.75) is 39.3 Å². The molecule has 1 N–H and O–H groups in total. The molecule has 1 aromatic carbocycles. The Kier molecular flexibility index (Phi) is 6.16. The molecule has 0 bridgehead atoms. The van der Waals surface area contributed by atoms with Crippen molar-refractivity contribution in [2.75, 3.05) is 20.3 Å². The highest BCUT2D eigenvalue weighted by Crippen LogP contribution is 2.18. The maximum absolute atomic E-state index is 5.78. The monoisotopic (exact) mass is 251 g/mol. The first-order valence-corrected chi connectivity index (χ1v) is 6.47. The molecule has 0 heterocycles. The van der Waals surface area contributed by atoms with Crippen LogP contribution in [0.2, 0.25) is 0 Å². The van der Waals surface area contributed by atoms with Crippen molar-refractivity contribution in [3.63, 3.8) is 0 Å². The molecule has 0 atom stereocenters. The van der Waals surface area contributed by atoms with Crippen LogP contribution >= 0.6 is 0 Å². The van der Waals surface area contributed by atoms with Gasteiger partial charge in [-0.3, -0.25) is 0 Å². The highest BCUT2D eigenvalue weighted by molar-refractivity contribution is 5.33. The third-order valence-electron chi connectivity index (χ3n) is 2.53. The number of methoxy groups -OCH3 is 1. The lowest BCUT2D eigenvalue weighted by Crippen LogP contribution is -2.35. The van der Waals surface area contributed by atoms with Crippen LogP contribution in [0.4, 0.5) is 0 Å². The number of hydrogen-bond donors (Lipinski definition) is 1. The first-order valence-electron chi connectivity index (χ1n) is 6.47.